The van der Waals surface area contributed by atoms with E-state index in [0.717, 1.165) is 17.7 Å². The molecule has 0 aliphatic carbocycles. The van der Waals surface area contributed by atoms with Crippen LogP contribution in [0.4, 0.5) is 17.6 Å². The van der Waals surface area contributed by atoms with Gasteiger partial charge in [-0.2, -0.15) is 0 Å². The number of aryl methyl sites for hydroxylation is 2. The van der Waals surface area contributed by atoms with Crippen LogP contribution in [0, 0.1) is 47.6 Å². The summed E-state index contributed by atoms with van der Waals surface area (Å²) in [6, 6.07) is 14.9. The fraction of sp³-hybridized carbons (Fsp3) is 0.212. The summed E-state index contributed by atoms with van der Waals surface area (Å²) in [4.78, 5) is 15.6. The molecule has 3 aromatic rings. The van der Waals surface area contributed by atoms with E-state index >= 15 is 8.78 Å². The Balaban J connectivity index is 1.77. The Labute approximate surface area is 253 Å². The molecule has 44 heavy (non-hydrogen) atoms. The molecule has 228 valence electrons. The molecule has 0 aliphatic heterocycles. The highest BCUT2D eigenvalue weighted by Crippen LogP contribution is 2.45. The highest BCUT2D eigenvalue weighted by atomic mass is 19.3. The van der Waals surface area contributed by atoms with Crippen LogP contribution in [-0.2, 0) is 12.1 Å². The smallest absolute Gasteiger partial charge is 0.285 e. The molecule has 0 aromatic heterocycles. The lowest BCUT2D eigenvalue weighted by Gasteiger charge is -2.36. The van der Waals surface area contributed by atoms with Crippen molar-refractivity contribution in [3.05, 3.63) is 129 Å². The van der Waals surface area contributed by atoms with Gasteiger partial charge < -0.3 is 4.74 Å². The Hall–Kier alpha value is -5.08. The van der Waals surface area contributed by atoms with E-state index in [2.05, 4.69) is 34.8 Å². The van der Waals surface area contributed by atoms with Crippen molar-refractivity contribution >= 4 is 13.1 Å². The zero-order valence-electron chi connectivity index (χ0n) is 24.2. The number of nitroso groups, excluding NO2 is 1. The topological polar surface area (TPSA) is 104 Å². The van der Waals surface area contributed by atoms with Crippen molar-refractivity contribution in [2.75, 3.05) is 6.54 Å². The molecule has 3 rings (SSSR count). The number of hydrogen-bond donors (Lipinski definition) is 2. The van der Waals surface area contributed by atoms with Crippen LogP contribution in [-0.4, -0.2) is 30.5 Å². The average Bonchev–Trinajstić information content (AvgIpc) is 2.99. The van der Waals surface area contributed by atoms with E-state index in [-0.39, 0.29) is 5.57 Å². The first kappa shape index (κ1) is 33.4. The minimum Gasteiger partial charge on any atom is -0.489 e. The van der Waals surface area contributed by atoms with Gasteiger partial charge >= 0.3 is 0 Å². The average molecular weight is 606 g/mol. The first-order valence-electron chi connectivity index (χ1n) is 13.3. The molecular formula is C33H31F4N5O2. The van der Waals surface area contributed by atoms with Crippen molar-refractivity contribution in [1.82, 2.24) is 5.01 Å². The highest BCUT2D eigenvalue weighted by molar-refractivity contribution is 5.50. The number of allylic oxidation sites excluding steroid dienone is 3. The first-order chi connectivity index (χ1) is 20.9. The Morgan fingerprint density at radius 2 is 1.82 bits per heavy atom. The van der Waals surface area contributed by atoms with Gasteiger partial charge in [0.2, 0.25) is 5.54 Å². The van der Waals surface area contributed by atoms with E-state index in [1.165, 1.54) is 23.4 Å². The quantitative estimate of drug-likeness (QED) is 0.0316. The number of nitrogens with two attached hydrogens (primary N) is 1. The molecule has 3 aromatic carbocycles. The van der Waals surface area contributed by atoms with Gasteiger partial charge in [-0.3, -0.25) is 15.4 Å². The van der Waals surface area contributed by atoms with Gasteiger partial charge in [-0.1, -0.05) is 42.2 Å². The van der Waals surface area contributed by atoms with Crippen LogP contribution in [0.25, 0.3) is 0 Å². The van der Waals surface area contributed by atoms with Crippen LogP contribution < -0.4 is 10.6 Å². The lowest BCUT2D eigenvalue weighted by Crippen LogP contribution is -2.53. The molecule has 0 bridgehead atoms. The van der Waals surface area contributed by atoms with Crippen molar-refractivity contribution in [2.24, 2.45) is 16.0 Å². The maximum Gasteiger partial charge on any atom is 0.285 e. The van der Waals surface area contributed by atoms with Gasteiger partial charge in [0.15, 0.2) is 0 Å². The molecule has 11 heteroatoms. The molecule has 0 fully saturated rings. The SMILES string of the molecule is C=N/C=C(C#Cc1ccc(OCc2ccc(C)c(C)c2)cc1)\C=C/CC(F)(F)C(CN(N)C=N)(N=O)c1ccc(F)cc1F. The number of nitrogens with zero attached hydrogens (tertiary/aromatic N) is 3. The summed E-state index contributed by atoms with van der Waals surface area (Å²) in [5.74, 6) is 5.40. The van der Waals surface area contributed by atoms with E-state index in [9.17, 15) is 13.7 Å². The summed E-state index contributed by atoms with van der Waals surface area (Å²) in [7, 11) is 0. The number of hydrogen-bond acceptors (Lipinski definition) is 6. The zero-order chi connectivity index (χ0) is 32.3. The normalized spacial score (nSPS) is 13.0. The number of alkyl halides is 2. The lowest BCUT2D eigenvalue weighted by molar-refractivity contribution is -0.0820. The molecule has 0 saturated heterocycles. The van der Waals surface area contributed by atoms with Crippen molar-refractivity contribution in [2.45, 2.75) is 38.3 Å². The second-order valence-corrected chi connectivity index (χ2v) is 9.94. The molecule has 0 amide bonds. The molecule has 0 radical (unpaired) electrons. The van der Waals surface area contributed by atoms with Crippen LogP contribution in [0.2, 0.25) is 0 Å². The van der Waals surface area contributed by atoms with E-state index in [1.54, 1.807) is 24.3 Å². The van der Waals surface area contributed by atoms with E-state index in [1.807, 2.05) is 26.0 Å². The van der Waals surface area contributed by atoms with Gasteiger partial charge in [0.05, 0.1) is 12.9 Å². The number of rotatable bonds is 13. The number of halogens is 4. The van der Waals surface area contributed by atoms with Gasteiger partial charge in [0.1, 0.15) is 24.0 Å². The van der Waals surface area contributed by atoms with Crippen molar-refractivity contribution in [3.63, 3.8) is 0 Å². The Morgan fingerprint density at radius 1 is 1.09 bits per heavy atom. The van der Waals surface area contributed by atoms with Crippen LogP contribution >= 0.6 is 0 Å². The van der Waals surface area contributed by atoms with Crippen LogP contribution in [0.5, 0.6) is 5.75 Å². The molecule has 0 aliphatic rings. The molecule has 0 spiro atoms. The monoisotopic (exact) mass is 605 g/mol. The Kier molecular flexibility index (Phi) is 11.3. The molecule has 0 heterocycles. The summed E-state index contributed by atoms with van der Waals surface area (Å²) in [5.41, 5.74) is 0.295. The minimum absolute atomic E-state index is 0.212. The van der Waals surface area contributed by atoms with Crippen molar-refractivity contribution < 1.29 is 22.3 Å². The summed E-state index contributed by atoms with van der Waals surface area (Å²) in [6.45, 7) is 6.80. The molecule has 1 unspecified atom stereocenters. The van der Waals surface area contributed by atoms with Crippen LogP contribution in [0.15, 0.2) is 94.8 Å². The van der Waals surface area contributed by atoms with E-state index in [0.29, 0.717) is 41.4 Å². The predicted octanol–water partition coefficient (Wildman–Crippen LogP) is 7.12. The van der Waals surface area contributed by atoms with Gasteiger partial charge in [0.25, 0.3) is 5.92 Å². The summed E-state index contributed by atoms with van der Waals surface area (Å²) in [5, 5.41) is 10.3. The lowest BCUT2D eigenvalue weighted by atomic mass is 9.82. The minimum atomic E-state index is -4.03. The van der Waals surface area contributed by atoms with Gasteiger partial charge in [0, 0.05) is 35.4 Å². The third-order valence-corrected chi connectivity index (χ3v) is 6.80. The number of benzene rings is 3. The van der Waals surface area contributed by atoms with Crippen LogP contribution in [0.3, 0.4) is 0 Å². The second kappa shape index (κ2) is 14.9. The van der Waals surface area contributed by atoms with E-state index in [4.69, 9.17) is 16.0 Å². The first-order valence-corrected chi connectivity index (χ1v) is 13.3. The fourth-order valence-electron chi connectivity index (χ4n) is 4.23. The number of nitrogens with one attached hydrogen (secondary N) is 1. The van der Waals surface area contributed by atoms with Gasteiger partial charge in [-0.05, 0) is 78.8 Å². The number of ether oxygens (including phenoxy) is 1. The third-order valence-electron chi connectivity index (χ3n) is 6.80. The van der Waals surface area contributed by atoms with E-state index < -0.39 is 41.6 Å². The number of hydrazine groups is 1. The van der Waals surface area contributed by atoms with Gasteiger partial charge in [-0.15, -0.1) is 4.91 Å². The Morgan fingerprint density at radius 3 is 2.43 bits per heavy atom. The molecule has 0 saturated carbocycles. The fourth-order valence-corrected chi connectivity index (χ4v) is 4.23. The molecule has 1 atom stereocenters. The molecular weight excluding hydrogens is 574 g/mol. The van der Waals surface area contributed by atoms with Crippen LogP contribution in [0.1, 0.15) is 34.2 Å². The second-order valence-electron chi connectivity index (χ2n) is 9.94. The van der Waals surface area contributed by atoms with Crippen molar-refractivity contribution in [3.8, 4) is 17.6 Å². The highest BCUT2D eigenvalue weighted by Gasteiger charge is 2.58. The summed E-state index contributed by atoms with van der Waals surface area (Å²) in [6.07, 6.45) is 2.88. The molecule has 7 nitrogen and oxygen atoms in total. The van der Waals surface area contributed by atoms with Gasteiger partial charge in [-0.25, -0.2) is 23.4 Å². The zero-order valence-corrected chi connectivity index (χ0v) is 24.2. The largest absolute Gasteiger partial charge is 0.489 e. The summed E-state index contributed by atoms with van der Waals surface area (Å²) >= 11 is 0. The molecule has 3 N–H and O–H groups in total. The maximum atomic E-state index is 15.7. The Bertz CT molecular complexity index is 1630. The van der Waals surface area contributed by atoms with Crippen molar-refractivity contribution in [1.29, 1.82) is 5.41 Å². The standard InChI is InChI=1S/C33H31F4N5O2/c1-23-6-7-27(17-24(23)2)20-44-29-13-10-25(11-14-29)8-9-26(19-40-3)5-4-16-33(36,37)32(41-43,21-42(39)22-38)30-15-12-28(34)18-31(30)35/h4-7,10-15,17-19,22,38H,3,16,20-21,39H2,1-2H3/b5-4-,26-19+,38-22?. The maximum absolute atomic E-state index is 15.7. The third kappa shape index (κ3) is 8.26. The predicted molar refractivity (Wildman–Crippen MR) is 163 cm³/mol. The summed E-state index contributed by atoms with van der Waals surface area (Å²) < 4.78 is 65.3. The number of aliphatic imine (C=N–C) groups is 1.